The molecule has 1 N–H and O–H groups in total. The first kappa shape index (κ1) is 15.5. The largest absolute Gasteiger partial charge is 0.417 e. The van der Waals surface area contributed by atoms with Crippen LogP contribution >= 0.6 is 0 Å². The second-order valence-corrected chi connectivity index (χ2v) is 4.87. The summed E-state index contributed by atoms with van der Waals surface area (Å²) in [5, 5.41) is 7.17. The van der Waals surface area contributed by atoms with Crippen LogP contribution in [0, 0.1) is 0 Å². The molecule has 4 nitrogen and oxygen atoms in total. The molecule has 1 atom stereocenters. The van der Waals surface area contributed by atoms with E-state index in [-0.39, 0.29) is 6.04 Å². The smallest absolute Gasteiger partial charge is 0.312 e. The van der Waals surface area contributed by atoms with Gasteiger partial charge in [-0.15, -0.1) is 0 Å². The van der Waals surface area contributed by atoms with Crippen LogP contribution in [0.15, 0.2) is 30.7 Å². The number of pyridine rings is 1. The number of aromatic nitrogens is 3. The Morgan fingerprint density at radius 3 is 2.52 bits per heavy atom. The van der Waals surface area contributed by atoms with Gasteiger partial charge in [-0.2, -0.15) is 18.3 Å². The molecule has 0 amide bonds. The highest BCUT2D eigenvalue weighted by Gasteiger charge is 2.30. The molecule has 0 aliphatic carbocycles. The first-order valence-electron chi connectivity index (χ1n) is 6.58. The molecule has 0 aliphatic rings. The molecule has 0 aromatic carbocycles. The minimum atomic E-state index is -4.35. The van der Waals surface area contributed by atoms with E-state index in [0.29, 0.717) is 5.69 Å². The van der Waals surface area contributed by atoms with Crippen LogP contribution in [0.2, 0.25) is 0 Å². The highest BCUT2D eigenvalue weighted by Crippen LogP contribution is 2.29. The summed E-state index contributed by atoms with van der Waals surface area (Å²) in [5.41, 5.74) is 0.965. The average molecular weight is 298 g/mol. The monoisotopic (exact) mass is 298 g/mol. The van der Waals surface area contributed by atoms with Gasteiger partial charge in [-0.25, -0.2) is 0 Å². The van der Waals surface area contributed by atoms with E-state index in [1.165, 1.54) is 6.07 Å². The van der Waals surface area contributed by atoms with Gasteiger partial charge in [-0.05, 0) is 37.6 Å². The lowest BCUT2D eigenvalue weighted by molar-refractivity contribution is -0.137. The Hall–Kier alpha value is -1.89. The fourth-order valence-corrected chi connectivity index (χ4v) is 2.13. The first-order chi connectivity index (χ1) is 9.90. The number of rotatable bonds is 5. The van der Waals surface area contributed by atoms with Gasteiger partial charge in [0.25, 0.3) is 0 Å². The van der Waals surface area contributed by atoms with Crippen molar-refractivity contribution < 1.29 is 13.2 Å². The predicted octanol–water partition coefficient (Wildman–Crippen LogP) is 2.73. The molecule has 2 heterocycles. The van der Waals surface area contributed by atoms with Crippen molar-refractivity contribution in [1.82, 2.24) is 20.1 Å². The van der Waals surface area contributed by atoms with Gasteiger partial charge in [0.15, 0.2) is 0 Å². The molecular formula is C14H17F3N4. The number of alkyl halides is 3. The summed E-state index contributed by atoms with van der Waals surface area (Å²) in [5.74, 6) is 0. The van der Waals surface area contributed by atoms with Gasteiger partial charge in [0.2, 0.25) is 0 Å². The minimum absolute atomic E-state index is 0.0903. The number of halogens is 3. The molecule has 0 saturated heterocycles. The van der Waals surface area contributed by atoms with Crippen molar-refractivity contribution in [3.8, 4) is 0 Å². The molecule has 2 aromatic heterocycles. The molecule has 114 valence electrons. The standard InChI is InChI=1S/C14H17F3N4/c1-18-12(5-3-10-7-20-21(2)9-10)13-6-4-11(8-19-13)14(15,16)17/h4,6-9,12,18H,3,5H2,1-2H3. The van der Waals surface area contributed by atoms with Crippen molar-refractivity contribution in [2.75, 3.05) is 7.05 Å². The van der Waals surface area contributed by atoms with Crippen LogP contribution in [0.3, 0.4) is 0 Å². The predicted molar refractivity (Wildman–Crippen MR) is 72.6 cm³/mol. The highest BCUT2D eigenvalue weighted by molar-refractivity contribution is 5.19. The quantitative estimate of drug-likeness (QED) is 0.923. The van der Waals surface area contributed by atoms with Crippen molar-refractivity contribution in [3.63, 3.8) is 0 Å². The number of hydrogen-bond acceptors (Lipinski definition) is 3. The van der Waals surface area contributed by atoms with Crippen molar-refractivity contribution in [3.05, 3.63) is 47.5 Å². The summed E-state index contributed by atoms with van der Waals surface area (Å²) in [6, 6.07) is 2.40. The fraction of sp³-hybridized carbons (Fsp3) is 0.429. The Labute approximate surface area is 121 Å². The van der Waals surface area contributed by atoms with E-state index in [0.717, 1.165) is 30.7 Å². The van der Waals surface area contributed by atoms with E-state index in [4.69, 9.17) is 0 Å². The number of hydrogen-bond donors (Lipinski definition) is 1. The van der Waals surface area contributed by atoms with E-state index in [1.807, 2.05) is 13.2 Å². The average Bonchev–Trinajstić information content (AvgIpc) is 2.85. The van der Waals surface area contributed by atoms with E-state index >= 15 is 0 Å². The summed E-state index contributed by atoms with van der Waals surface area (Å²) in [4.78, 5) is 3.93. The van der Waals surface area contributed by atoms with Crippen molar-refractivity contribution in [2.45, 2.75) is 25.1 Å². The Balaban J connectivity index is 2.03. The molecule has 0 bridgehead atoms. The molecule has 0 spiro atoms. The molecule has 7 heteroatoms. The Morgan fingerprint density at radius 2 is 2.05 bits per heavy atom. The topological polar surface area (TPSA) is 42.7 Å². The zero-order valence-corrected chi connectivity index (χ0v) is 11.9. The van der Waals surface area contributed by atoms with Gasteiger partial charge in [0.1, 0.15) is 0 Å². The van der Waals surface area contributed by atoms with Gasteiger partial charge in [-0.3, -0.25) is 9.67 Å². The lowest BCUT2D eigenvalue weighted by Gasteiger charge is -2.16. The summed E-state index contributed by atoms with van der Waals surface area (Å²) in [7, 11) is 3.61. The molecule has 0 radical (unpaired) electrons. The normalized spacial score (nSPS) is 13.4. The van der Waals surface area contributed by atoms with Crippen LogP contribution in [0.1, 0.15) is 29.3 Å². The fourth-order valence-electron chi connectivity index (χ4n) is 2.13. The van der Waals surface area contributed by atoms with Gasteiger partial charge in [0.05, 0.1) is 17.5 Å². The zero-order valence-electron chi connectivity index (χ0n) is 11.9. The van der Waals surface area contributed by atoms with Crippen molar-refractivity contribution in [1.29, 1.82) is 0 Å². The van der Waals surface area contributed by atoms with Crippen LogP contribution in [-0.4, -0.2) is 21.8 Å². The van der Waals surface area contributed by atoms with Gasteiger partial charge in [0, 0.05) is 25.5 Å². The van der Waals surface area contributed by atoms with Crippen LogP contribution in [0.4, 0.5) is 13.2 Å². The summed E-state index contributed by atoms with van der Waals surface area (Å²) >= 11 is 0. The van der Waals surface area contributed by atoms with Crippen LogP contribution in [0.25, 0.3) is 0 Å². The summed E-state index contributed by atoms with van der Waals surface area (Å²) in [6.45, 7) is 0. The minimum Gasteiger partial charge on any atom is -0.312 e. The Bertz CT molecular complexity index is 575. The van der Waals surface area contributed by atoms with E-state index in [9.17, 15) is 13.2 Å². The third-order valence-electron chi connectivity index (χ3n) is 3.30. The SMILES string of the molecule is CNC(CCc1cnn(C)c1)c1ccc(C(F)(F)F)cn1. The van der Waals surface area contributed by atoms with Gasteiger partial charge < -0.3 is 5.32 Å². The third-order valence-corrected chi connectivity index (χ3v) is 3.30. The highest BCUT2D eigenvalue weighted by atomic mass is 19.4. The molecule has 0 saturated carbocycles. The molecular weight excluding hydrogens is 281 g/mol. The zero-order chi connectivity index (χ0) is 15.5. The lowest BCUT2D eigenvalue weighted by atomic mass is 10.0. The van der Waals surface area contributed by atoms with Crippen LogP contribution in [0.5, 0.6) is 0 Å². The molecule has 1 unspecified atom stereocenters. The van der Waals surface area contributed by atoms with Gasteiger partial charge >= 0.3 is 6.18 Å². The van der Waals surface area contributed by atoms with Gasteiger partial charge in [-0.1, -0.05) is 0 Å². The maximum Gasteiger partial charge on any atom is 0.417 e. The number of nitrogens with one attached hydrogen (secondary N) is 1. The maximum absolute atomic E-state index is 12.5. The second-order valence-electron chi connectivity index (χ2n) is 4.87. The first-order valence-corrected chi connectivity index (χ1v) is 6.58. The number of aryl methyl sites for hydroxylation is 2. The Morgan fingerprint density at radius 1 is 1.29 bits per heavy atom. The van der Waals surface area contributed by atoms with E-state index in [2.05, 4.69) is 15.4 Å². The van der Waals surface area contributed by atoms with E-state index < -0.39 is 11.7 Å². The second kappa shape index (κ2) is 6.26. The molecule has 0 fully saturated rings. The van der Waals surface area contributed by atoms with E-state index in [1.54, 1.807) is 17.9 Å². The summed E-state index contributed by atoms with van der Waals surface area (Å²) in [6.07, 6.45) is 1.75. The Kier molecular flexibility index (Phi) is 4.62. The van der Waals surface area contributed by atoms with Crippen molar-refractivity contribution in [2.24, 2.45) is 7.05 Å². The third kappa shape index (κ3) is 4.04. The molecule has 0 aliphatic heterocycles. The molecule has 2 aromatic rings. The summed E-state index contributed by atoms with van der Waals surface area (Å²) < 4.78 is 39.3. The van der Waals surface area contributed by atoms with Crippen LogP contribution < -0.4 is 5.32 Å². The molecule has 2 rings (SSSR count). The maximum atomic E-state index is 12.5. The number of nitrogens with zero attached hydrogens (tertiary/aromatic N) is 3. The lowest BCUT2D eigenvalue weighted by Crippen LogP contribution is -2.19. The van der Waals surface area contributed by atoms with Crippen LogP contribution in [-0.2, 0) is 19.6 Å². The molecule has 21 heavy (non-hydrogen) atoms. The van der Waals surface area contributed by atoms with Crippen molar-refractivity contribution >= 4 is 0 Å².